The van der Waals surface area contributed by atoms with E-state index in [4.69, 9.17) is 17.3 Å². The van der Waals surface area contributed by atoms with Gasteiger partial charge in [-0.05, 0) is 42.0 Å². The lowest BCUT2D eigenvalue weighted by atomic mass is 9.95. The fourth-order valence-corrected chi connectivity index (χ4v) is 5.82. The largest absolute Gasteiger partial charge is 0.383 e. The number of carbonyl (C=O) groups excluding carboxylic acids is 1. The van der Waals surface area contributed by atoms with Crippen LogP contribution < -0.4 is 27.3 Å². The Balaban J connectivity index is 1.60. The molecule has 1 aromatic heterocycles. The highest BCUT2D eigenvalue weighted by Gasteiger charge is 2.46. The Morgan fingerprint density at radius 1 is 1.19 bits per heavy atom. The van der Waals surface area contributed by atoms with Gasteiger partial charge in [0.2, 0.25) is 5.91 Å². The van der Waals surface area contributed by atoms with Crippen LogP contribution >= 0.6 is 11.6 Å². The number of nitrogens with two attached hydrogens (primary N) is 1. The van der Waals surface area contributed by atoms with Gasteiger partial charge in [-0.1, -0.05) is 63.4 Å². The van der Waals surface area contributed by atoms with Gasteiger partial charge in [0.25, 0.3) is 0 Å². The third-order valence-corrected chi connectivity index (χ3v) is 8.13. The third kappa shape index (κ3) is 5.52. The Morgan fingerprint density at radius 3 is 2.55 bits per heavy atom. The summed E-state index contributed by atoms with van der Waals surface area (Å²) >= 11 is 6.70. The van der Waals surface area contributed by atoms with Crippen LogP contribution in [0.3, 0.4) is 0 Å². The van der Waals surface area contributed by atoms with Gasteiger partial charge in [-0.25, -0.2) is 0 Å². The Morgan fingerprint density at radius 2 is 1.90 bits per heavy atom. The Hall–Kier alpha value is -4.51. The molecule has 0 unspecified atom stereocenters. The molecule has 216 valence electrons. The number of halogens is 1. The van der Waals surface area contributed by atoms with Crippen molar-refractivity contribution in [2.45, 2.75) is 58.0 Å². The number of benzene rings is 2. The van der Waals surface area contributed by atoms with Crippen LogP contribution in [0.4, 0.5) is 11.4 Å². The molecule has 11 heteroatoms. The van der Waals surface area contributed by atoms with Crippen LogP contribution in [0.2, 0.25) is 5.02 Å². The molecule has 1 atom stereocenters. The summed E-state index contributed by atoms with van der Waals surface area (Å²) in [6.45, 7) is 6.92. The van der Waals surface area contributed by atoms with E-state index in [0.29, 0.717) is 63.5 Å². The van der Waals surface area contributed by atoms with Crippen molar-refractivity contribution < 1.29 is 4.79 Å². The molecule has 2 aromatic carbocycles. The highest BCUT2D eigenvalue weighted by molar-refractivity contribution is 6.31. The zero-order valence-corrected chi connectivity index (χ0v) is 24.6. The summed E-state index contributed by atoms with van der Waals surface area (Å²) in [4.78, 5) is 17.0. The number of nitriles is 2. The maximum absolute atomic E-state index is 12.6. The fourth-order valence-electron chi connectivity index (χ4n) is 5.57. The number of anilines is 2. The van der Waals surface area contributed by atoms with Crippen LogP contribution in [0.15, 0.2) is 54.5 Å². The third-order valence-electron chi connectivity index (χ3n) is 7.79. The van der Waals surface area contributed by atoms with Gasteiger partial charge in [-0.2, -0.15) is 10.5 Å². The zero-order chi connectivity index (χ0) is 30.1. The number of pyridine rings is 1. The average Bonchev–Trinajstić information content (AvgIpc) is 3.65. The zero-order valence-electron chi connectivity index (χ0n) is 23.9. The predicted octanol–water partition coefficient (Wildman–Crippen LogP) is 5.21. The summed E-state index contributed by atoms with van der Waals surface area (Å²) < 4.78 is 0. The standard InChI is InChI=1S/C31H34ClN9O/c1-30(2,3)18-37-27-20(15-34)16-36-26-19(14-33)12-21(13-23(26)27)38-28(22-8-4-5-9-24(22)32)25-17-41(40-39-25)31(29(35)42)10-6-7-11-31/h4-5,8-9,12-13,16-17,28,38-40H,6-7,10-11,18H2,1-3H3,(H2,35,42)(H,36,37)/t28-/m0/s1. The number of nitrogens with zero attached hydrogens (tertiary/aromatic N) is 4. The molecule has 10 nitrogen and oxygen atoms in total. The van der Waals surface area contributed by atoms with E-state index in [9.17, 15) is 15.3 Å². The number of hydrogen-bond acceptors (Lipinski definition) is 9. The van der Waals surface area contributed by atoms with Crippen molar-refractivity contribution in [1.82, 2.24) is 21.0 Å². The number of carbonyl (C=O) groups is 1. The van der Waals surface area contributed by atoms with E-state index in [0.717, 1.165) is 18.4 Å². The molecule has 0 saturated heterocycles. The monoisotopic (exact) mass is 583 g/mol. The molecule has 1 fully saturated rings. The van der Waals surface area contributed by atoms with Crippen molar-refractivity contribution >= 4 is 39.8 Å². The quantitative estimate of drug-likeness (QED) is 0.240. The fraction of sp³-hybridized carbons (Fsp3) is 0.355. The van der Waals surface area contributed by atoms with Gasteiger partial charge >= 0.3 is 0 Å². The second-order valence-electron chi connectivity index (χ2n) is 12.0. The number of nitrogens with one attached hydrogen (secondary N) is 4. The first kappa shape index (κ1) is 29.0. The van der Waals surface area contributed by atoms with Crippen LogP contribution in [0.25, 0.3) is 10.9 Å². The molecule has 42 heavy (non-hydrogen) atoms. The summed E-state index contributed by atoms with van der Waals surface area (Å²) in [7, 11) is 0. The Labute approximate surface area is 250 Å². The molecule has 5 rings (SSSR count). The maximum Gasteiger partial charge on any atom is 0.244 e. The molecule has 1 saturated carbocycles. The van der Waals surface area contributed by atoms with Crippen LogP contribution in [0.1, 0.15) is 69.2 Å². The second-order valence-corrected chi connectivity index (χ2v) is 12.4. The van der Waals surface area contributed by atoms with Crippen molar-refractivity contribution in [3.63, 3.8) is 0 Å². The van der Waals surface area contributed by atoms with E-state index >= 15 is 0 Å². The van der Waals surface area contributed by atoms with Gasteiger partial charge in [-0.3, -0.25) is 14.8 Å². The second kappa shape index (κ2) is 11.4. The molecule has 0 bridgehead atoms. The molecule has 6 N–H and O–H groups in total. The minimum Gasteiger partial charge on any atom is -0.383 e. The topological polar surface area (TPSA) is 155 Å². The number of amides is 1. The van der Waals surface area contributed by atoms with Gasteiger partial charge in [0.15, 0.2) is 0 Å². The lowest BCUT2D eigenvalue weighted by Crippen LogP contribution is -2.58. The summed E-state index contributed by atoms with van der Waals surface area (Å²) in [5, 5.41) is 29.9. The van der Waals surface area contributed by atoms with Crippen LogP contribution in [-0.2, 0) is 4.79 Å². The highest BCUT2D eigenvalue weighted by Crippen LogP contribution is 2.39. The van der Waals surface area contributed by atoms with Gasteiger partial charge in [0.1, 0.15) is 17.7 Å². The molecule has 0 spiro atoms. The van der Waals surface area contributed by atoms with Gasteiger partial charge < -0.3 is 21.8 Å². The number of primary amides is 1. The lowest BCUT2D eigenvalue weighted by molar-refractivity contribution is -0.130. The van der Waals surface area contributed by atoms with Gasteiger partial charge in [-0.15, -0.1) is 5.53 Å². The number of rotatable bonds is 8. The predicted molar refractivity (Wildman–Crippen MR) is 164 cm³/mol. The first-order valence-corrected chi connectivity index (χ1v) is 14.3. The van der Waals surface area contributed by atoms with E-state index in [-0.39, 0.29) is 11.3 Å². The van der Waals surface area contributed by atoms with Gasteiger partial charge in [0.05, 0.1) is 34.1 Å². The SMILES string of the molecule is CC(C)(C)CNc1c(C#N)cnc2c(C#N)cc(N[C@H](C3=CN(C4(C(N)=O)CCCC4)NN3)c3ccccc3Cl)cc12. The highest BCUT2D eigenvalue weighted by atomic mass is 35.5. The summed E-state index contributed by atoms with van der Waals surface area (Å²) in [5.41, 5.74) is 15.4. The molecule has 2 heterocycles. The molecule has 1 amide bonds. The van der Waals surface area contributed by atoms with E-state index in [1.54, 1.807) is 11.1 Å². The van der Waals surface area contributed by atoms with Crippen LogP contribution in [-0.4, -0.2) is 28.0 Å². The molecule has 3 aromatic rings. The van der Waals surface area contributed by atoms with E-state index in [1.807, 2.05) is 36.5 Å². The molecule has 2 aliphatic rings. The summed E-state index contributed by atoms with van der Waals surface area (Å²) in [6, 6.07) is 15.1. The van der Waals surface area contributed by atoms with Crippen LogP contribution in [0.5, 0.6) is 0 Å². The first-order valence-electron chi connectivity index (χ1n) is 13.9. The Kier molecular flexibility index (Phi) is 7.87. The molecular weight excluding hydrogens is 550 g/mol. The lowest BCUT2D eigenvalue weighted by Gasteiger charge is -2.34. The van der Waals surface area contributed by atoms with Crippen molar-refractivity contribution in [2.24, 2.45) is 11.1 Å². The van der Waals surface area contributed by atoms with E-state index in [1.165, 1.54) is 6.20 Å². The van der Waals surface area contributed by atoms with Crippen molar-refractivity contribution in [2.75, 3.05) is 17.2 Å². The minimum atomic E-state index is -0.830. The smallest absolute Gasteiger partial charge is 0.244 e. The number of fused-ring (bicyclic) bond motifs is 1. The van der Waals surface area contributed by atoms with Crippen molar-refractivity contribution in [3.8, 4) is 12.1 Å². The molecular formula is C31H34ClN9O. The first-order chi connectivity index (χ1) is 20.1. The summed E-state index contributed by atoms with van der Waals surface area (Å²) in [5.74, 6) is -0.377. The van der Waals surface area contributed by atoms with Crippen molar-refractivity contribution in [1.29, 1.82) is 10.5 Å². The van der Waals surface area contributed by atoms with E-state index < -0.39 is 11.6 Å². The number of hydrogen-bond donors (Lipinski definition) is 5. The Bertz CT molecular complexity index is 1640. The average molecular weight is 584 g/mol. The van der Waals surface area contributed by atoms with Gasteiger partial charge in [0, 0.05) is 35.0 Å². The van der Waals surface area contributed by atoms with Crippen LogP contribution in [0, 0.1) is 28.1 Å². The maximum atomic E-state index is 12.6. The molecule has 0 radical (unpaired) electrons. The van der Waals surface area contributed by atoms with Crippen molar-refractivity contribution in [3.05, 3.63) is 76.2 Å². The normalized spacial score (nSPS) is 16.7. The summed E-state index contributed by atoms with van der Waals surface area (Å²) in [6.07, 6.45) is 6.48. The minimum absolute atomic E-state index is 0.0491. The molecule has 1 aliphatic heterocycles. The molecule has 1 aliphatic carbocycles. The number of hydrazine groups is 2. The number of aromatic nitrogens is 1. The van der Waals surface area contributed by atoms with E-state index in [2.05, 4.69) is 59.5 Å².